The molecular formula is C19H25ClN2O4. The number of hydrogen-bond acceptors (Lipinski definition) is 4. The summed E-state index contributed by atoms with van der Waals surface area (Å²) in [5.74, 6) is 0.354. The number of carbonyl (C=O) groups is 2. The molecule has 2 amide bonds. The lowest BCUT2D eigenvalue weighted by Crippen LogP contribution is -2.47. The number of halogens is 1. The molecule has 1 aromatic carbocycles. The molecule has 2 N–H and O–H groups in total. The van der Waals surface area contributed by atoms with E-state index in [0.29, 0.717) is 29.7 Å². The quantitative estimate of drug-likeness (QED) is 0.769. The van der Waals surface area contributed by atoms with E-state index in [2.05, 4.69) is 10.9 Å². The molecule has 0 spiro atoms. The number of nitrogens with one attached hydrogen (secondary N) is 2. The molecule has 0 bridgehead atoms. The van der Waals surface area contributed by atoms with Gasteiger partial charge in [0.25, 0.3) is 11.8 Å². The minimum atomic E-state index is -0.481. The fourth-order valence-corrected chi connectivity index (χ4v) is 3.74. The molecule has 1 saturated heterocycles. The Kier molecular flexibility index (Phi) is 6.74. The summed E-state index contributed by atoms with van der Waals surface area (Å²) in [6, 6.07) is 5.51. The molecule has 2 aliphatic rings. The third-order valence-corrected chi connectivity index (χ3v) is 5.16. The highest BCUT2D eigenvalue weighted by Crippen LogP contribution is 2.38. The van der Waals surface area contributed by atoms with Gasteiger partial charge in [-0.2, -0.15) is 0 Å². The highest BCUT2D eigenvalue weighted by molar-refractivity contribution is 6.30. The molecular weight excluding hydrogens is 356 g/mol. The van der Waals surface area contributed by atoms with Gasteiger partial charge in [0.2, 0.25) is 0 Å². The summed E-state index contributed by atoms with van der Waals surface area (Å²) >= 11 is 6.15. The van der Waals surface area contributed by atoms with Crippen molar-refractivity contribution in [3.05, 3.63) is 28.8 Å². The van der Waals surface area contributed by atoms with Crippen LogP contribution in [0.25, 0.3) is 0 Å². The fourth-order valence-electron chi connectivity index (χ4n) is 3.56. The van der Waals surface area contributed by atoms with Gasteiger partial charge in [0, 0.05) is 11.6 Å². The minimum absolute atomic E-state index is 0.173. The third kappa shape index (κ3) is 5.11. The van der Waals surface area contributed by atoms with Gasteiger partial charge >= 0.3 is 0 Å². The Morgan fingerprint density at radius 1 is 1.12 bits per heavy atom. The maximum absolute atomic E-state index is 12.0. The second-order valence-corrected chi connectivity index (χ2v) is 7.28. The average molecular weight is 381 g/mol. The van der Waals surface area contributed by atoms with Gasteiger partial charge in [-0.15, -0.1) is 0 Å². The van der Waals surface area contributed by atoms with Crippen LogP contribution in [0.2, 0.25) is 5.02 Å². The molecule has 1 saturated carbocycles. The second kappa shape index (κ2) is 9.24. The number of amides is 2. The molecule has 3 rings (SSSR count). The van der Waals surface area contributed by atoms with Gasteiger partial charge in [-0.3, -0.25) is 20.4 Å². The molecule has 1 heterocycles. The Balaban J connectivity index is 1.51. The SMILES string of the molecule is O=C(COc1ccc(Cl)cc1C1CCCCC1)NNC(=O)C1CCCO1. The van der Waals surface area contributed by atoms with Crippen LogP contribution in [0.3, 0.4) is 0 Å². The van der Waals surface area contributed by atoms with Gasteiger partial charge in [0.15, 0.2) is 6.61 Å². The maximum Gasteiger partial charge on any atom is 0.276 e. The lowest BCUT2D eigenvalue weighted by molar-refractivity contribution is -0.135. The highest BCUT2D eigenvalue weighted by atomic mass is 35.5. The Bertz CT molecular complexity index is 640. The lowest BCUT2D eigenvalue weighted by atomic mass is 9.84. The fraction of sp³-hybridized carbons (Fsp3) is 0.579. The van der Waals surface area contributed by atoms with Crippen molar-refractivity contribution in [1.29, 1.82) is 0 Å². The Morgan fingerprint density at radius 2 is 1.92 bits per heavy atom. The molecule has 2 fully saturated rings. The molecule has 142 valence electrons. The zero-order valence-corrected chi connectivity index (χ0v) is 15.5. The van der Waals surface area contributed by atoms with Crippen LogP contribution in [0.4, 0.5) is 0 Å². The van der Waals surface area contributed by atoms with Crippen molar-refractivity contribution >= 4 is 23.4 Å². The molecule has 1 unspecified atom stereocenters. The molecule has 0 aromatic heterocycles. The summed E-state index contributed by atoms with van der Waals surface area (Å²) < 4.78 is 11.0. The normalized spacial score (nSPS) is 20.6. The minimum Gasteiger partial charge on any atom is -0.483 e. The molecule has 6 nitrogen and oxygen atoms in total. The number of hydrazine groups is 1. The molecule has 1 aliphatic heterocycles. The van der Waals surface area contributed by atoms with E-state index in [1.54, 1.807) is 6.07 Å². The first-order chi connectivity index (χ1) is 12.6. The average Bonchev–Trinajstić information content (AvgIpc) is 3.20. The summed E-state index contributed by atoms with van der Waals surface area (Å²) in [5.41, 5.74) is 5.82. The summed E-state index contributed by atoms with van der Waals surface area (Å²) in [6.07, 6.45) is 6.94. The van der Waals surface area contributed by atoms with Crippen LogP contribution in [0.1, 0.15) is 56.4 Å². The van der Waals surface area contributed by atoms with Crippen LogP contribution in [0.5, 0.6) is 5.75 Å². The van der Waals surface area contributed by atoms with Gasteiger partial charge in [-0.05, 0) is 55.4 Å². The summed E-state index contributed by atoms with van der Waals surface area (Å²) in [4.78, 5) is 23.8. The predicted octanol–water partition coefficient (Wildman–Crippen LogP) is 3.09. The largest absolute Gasteiger partial charge is 0.483 e. The van der Waals surface area contributed by atoms with Crippen LogP contribution in [-0.4, -0.2) is 31.1 Å². The summed E-state index contributed by atoms with van der Waals surface area (Å²) in [5, 5.41) is 0.672. The van der Waals surface area contributed by atoms with E-state index in [4.69, 9.17) is 21.1 Å². The number of ether oxygens (including phenoxy) is 2. The molecule has 1 atom stereocenters. The first-order valence-corrected chi connectivity index (χ1v) is 9.64. The maximum atomic E-state index is 12.0. The van der Waals surface area contributed by atoms with Gasteiger partial charge in [-0.25, -0.2) is 0 Å². The van der Waals surface area contributed by atoms with Crippen LogP contribution in [0, 0.1) is 0 Å². The van der Waals surface area contributed by atoms with Gasteiger partial charge in [-0.1, -0.05) is 30.9 Å². The number of benzene rings is 1. The zero-order chi connectivity index (χ0) is 18.4. The van der Waals surface area contributed by atoms with Crippen molar-refractivity contribution in [1.82, 2.24) is 10.9 Å². The molecule has 1 aliphatic carbocycles. The topological polar surface area (TPSA) is 76.7 Å². The van der Waals surface area contributed by atoms with Crippen molar-refractivity contribution in [3.8, 4) is 5.75 Å². The standard InChI is InChI=1S/C19H25ClN2O4/c20-14-8-9-16(15(11-14)13-5-2-1-3-6-13)26-12-18(23)21-22-19(24)17-7-4-10-25-17/h8-9,11,13,17H,1-7,10,12H2,(H,21,23)(H,22,24). The van der Waals surface area contributed by atoms with Crippen molar-refractivity contribution in [2.45, 2.75) is 57.0 Å². The van der Waals surface area contributed by atoms with Gasteiger partial charge in [0.05, 0.1) is 0 Å². The molecule has 26 heavy (non-hydrogen) atoms. The summed E-state index contributed by atoms with van der Waals surface area (Å²) in [7, 11) is 0. The van der Waals surface area contributed by atoms with Gasteiger partial charge in [0.1, 0.15) is 11.9 Å². The van der Waals surface area contributed by atoms with Crippen molar-refractivity contribution in [3.63, 3.8) is 0 Å². The molecule has 0 radical (unpaired) electrons. The highest BCUT2D eigenvalue weighted by Gasteiger charge is 2.24. The van der Waals surface area contributed by atoms with Crippen molar-refractivity contribution in [2.24, 2.45) is 0 Å². The van der Waals surface area contributed by atoms with E-state index in [1.165, 1.54) is 19.3 Å². The Labute approximate surface area is 158 Å². The predicted molar refractivity (Wildman–Crippen MR) is 98.0 cm³/mol. The number of carbonyl (C=O) groups excluding carboxylic acids is 2. The first kappa shape index (κ1) is 19.0. The van der Waals surface area contributed by atoms with E-state index in [9.17, 15) is 9.59 Å². The van der Waals surface area contributed by atoms with Crippen LogP contribution in [-0.2, 0) is 14.3 Å². The van der Waals surface area contributed by atoms with E-state index in [0.717, 1.165) is 24.8 Å². The first-order valence-electron chi connectivity index (χ1n) is 9.26. The van der Waals surface area contributed by atoms with E-state index < -0.39 is 12.0 Å². The number of rotatable bonds is 5. The monoisotopic (exact) mass is 380 g/mol. The van der Waals surface area contributed by atoms with E-state index >= 15 is 0 Å². The zero-order valence-electron chi connectivity index (χ0n) is 14.8. The third-order valence-electron chi connectivity index (χ3n) is 4.92. The summed E-state index contributed by atoms with van der Waals surface area (Å²) in [6.45, 7) is 0.406. The van der Waals surface area contributed by atoms with Crippen molar-refractivity contribution < 1.29 is 19.1 Å². The Hall–Kier alpha value is -1.79. The van der Waals surface area contributed by atoms with E-state index in [-0.39, 0.29) is 12.5 Å². The Morgan fingerprint density at radius 3 is 2.65 bits per heavy atom. The lowest BCUT2D eigenvalue weighted by Gasteiger charge is -2.24. The van der Waals surface area contributed by atoms with Gasteiger partial charge < -0.3 is 9.47 Å². The smallest absolute Gasteiger partial charge is 0.276 e. The molecule has 7 heteroatoms. The molecule has 1 aromatic rings. The van der Waals surface area contributed by atoms with E-state index in [1.807, 2.05) is 12.1 Å². The van der Waals surface area contributed by atoms with Crippen molar-refractivity contribution in [2.75, 3.05) is 13.2 Å². The van der Waals surface area contributed by atoms with Crippen LogP contribution in [0.15, 0.2) is 18.2 Å². The van der Waals surface area contributed by atoms with Crippen LogP contribution < -0.4 is 15.6 Å². The van der Waals surface area contributed by atoms with Crippen LogP contribution >= 0.6 is 11.6 Å². The second-order valence-electron chi connectivity index (χ2n) is 6.84. The number of hydrogen-bond donors (Lipinski definition) is 2.